The Morgan fingerprint density at radius 3 is 3.15 bits per heavy atom. The average Bonchev–Trinajstić information content (AvgIpc) is 2.39. The molecule has 0 amide bonds. The summed E-state index contributed by atoms with van der Waals surface area (Å²) in [4.78, 5) is 14.2. The molecule has 13 heavy (non-hydrogen) atoms. The lowest BCUT2D eigenvalue weighted by Gasteiger charge is -1.92. The summed E-state index contributed by atoms with van der Waals surface area (Å²) in [5.41, 5.74) is 0.888. The van der Waals surface area contributed by atoms with Crippen LogP contribution < -0.4 is 0 Å². The van der Waals surface area contributed by atoms with E-state index in [1.165, 1.54) is 4.40 Å². The van der Waals surface area contributed by atoms with E-state index in [4.69, 9.17) is 0 Å². The molecular formula is C8H6N3O2. The smallest absolute Gasteiger partial charge is 0.350 e. The fourth-order valence-electron chi connectivity index (χ4n) is 1.25. The Morgan fingerprint density at radius 1 is 1.69 bits per heavy atom. The third-order valence-corrected chi connectivity index (χ3v) is 1.77. The van der Waals surface area contributed by atoms with Crippen LogP contribution in [0.1, 0.15) is 5.69 Å². The van der Waals surface area contributed by atoms with Crippen LogP contribution in [0.25, 0.3) is 5.65 Å². The van der Waals surface area contributed by atoms with Crippen LogP contribution in [-0.4, -0.2) is 14.3 Å². The van der Waals surface area contributed by atoms with Crippen LogP contribution in [-0.2, 0) is 0 Å². The Balaban J connectivity index is 2.86. The lowest BCUT2D eigenvalue weighted by Crippen LogP contribution is -1.94. The Bertz CT molecular complexity index is 475. The molecule has 65 valence electrons. The van der Waals surface area contributed by atoms with E-state index >= 15 is 0 Å². The summed E-state index contributed by atoms with van der Waals surface area (Å²) in [5.74, 6) is 0.00634. The van der Waals surface area contributed by atoms with E-state index < -0.39 is 4.92 Å². The molecule has 5 nitrogen and oxygen atoms in total. The molecule has 0 atom stereocenters. The molecule has 0 unspecified atom stereocenters. The van der Waals surface area contributed by atoms with Crippen molar-refractivity contribution < 1.29 is 4.92 Å². The molecule has 2 rings (SSSR count). The van der Waals surface area contributed by atoms with Gasteiger partial charge in [0.15, 0.2) is 0 Å². The third kappa shape index (κ3) is 1.05. The fraction of sp³-hybridized carbons (Fsp3) is 0.125. The highest BCUT2D eigenvalue weighted by atomic mass is 16.6. The van der Waals surface area contributed by atoms with Crippen LogP contribution >= 0.6 is 0 Å². The van der Waals surface area contributed by atoms with Gasteiger partial charge in [-0.2, -0.15) is 4.40 Å². The monoisotopic (exact) mass is 176 g/mol. The van der Waals surface area contributed by atoms with Gasteiger partial charge in [0, 0.05) is 0 Å². The van der Waals surface area contributed by atoms with Crippen LogP contribution in [0.5, 0.6) is 0 Å². The van der Waals surface area contributed by atoms with E-state index in [1.54, 1.807) is 25.3 Å². The predicted octanol–water partition coefficient (Wildman–Crippen LogP) is 1.35. The van der Waals surface area contributed by atoms with E-state index in [2.05, 4.69) is 11.1 Å². The molecule has 0 N–H and O–H groups in total. The van der Waals surface area contributed by atoms with Crippen LogP contribution in [0.2, 0.25) is 0 Å². The molecule has 0 fully saturated rings. The Kier molecular flexibility index (Phi) is 1.51. The Hall–Kier alpha value is -1.91. The zero-order valence-electron chi connectivity index (χ0n) is 6.89. The number of nitrogens with zero attached hydrogens (tertiary/aromatic N) is 3. The van der Waals surface area contributed by atoms with Crippen molar-refractivity contribution in [1.82, 2.24) is 9.38 Å². The molecular weight excluding hydrogens is 170 g/mol. The summed E-state index contributed by atoms with van der Waals surface area (Å²) in [6.07, 6.45) is 1.60. The molecule has 0 aliphatic carbocycles. The second-order valence-electron chi connectivity index (χ2n) is 2.62. The first kappa shape index (κ1) is 7.72. The summed E-state index contributed by atoms with van der Waals surface area (Å²) < 4.78 is 1.41. The van der Waals surface area contributed by atoms with Crippen molar-refractivity contribution in [3.8, 4) is 0 Å². The molecule has 1 radical (unpaired) electrons. The SMILES string of the molecule is Cc1nc2[c]cccn2c1[N+](=O)[O-]. The first-order valence-corrected chi connectivity index (χ1v) is 3.70. The van der Waals surface area contributed by atoms with Crippen molar-refractivity contribution in [2.45, 2.75) is 6.92 Å². The number of rotatable bonds is 1. The molecule has 5 heteroatoms. The Labute approximate surface area is 73.8 Å². The van der Waals surface area contributed by atoms with E-state index in [1.807, 2.05) is 0 Å². The van der Waals surface area contributed by atoms with Gasteiger partial charge in [-0.05, 0) is 24.0 Å². The molecule has 0 saturated carbocycles. The van der Waals surface area contributed by atoms with E-state index in [0.717, 1.165) is 0 Å². The number of nitro groups is 1. The molecule has 0 spiro atoms. The Morgan fingerprint density at radius 2 is 2.46 bits per heavy atom. The first-order valence-electron chi connectivity index (χ1n) is 3.70. The molecule has 0 aromatic carbocycles. The quantitative estimate of drug-likeness (QED) is 0.486. The maximum Gasteiger partial charge on any atom is 0.350 e. The van der Waals surface area contributed by atoms with Gasteiger partial charge in [0.25, 0.3) is 0 Å². The minimum Gasteiger partial charge on any atom is -0.358 e. The number of aromatic nitrogens is 2. The number of aryl methyl sites for hydroxylation is 1. The van der Waals surface area contributed by atoms with Crippen LogP contribution in [0.15, 0.2) is 18.3 Å². The standard InChI is InChI=1S/C8H6N3O2/c1-6-8(11(12)13)10-5-3-2-4-7(10)9-6/h2-3,5H,1H3. The average molecular weight is 176 g/mol. The van der Waals surface area contributed by atoms with Crippen molar-refractivity contribution in [1.29, 1.82) is 0 Å². The highest BCUT2D eigenvalue weighted by Crippen LogP contribution is 2.18. The zero-order valence-corrected chi connectivity index (χ0v) is 6.89. The molecule has 0 aliphatic rings. The normalized spacial score (nSPS) is 10.5. The topological polar surface area (TPSA) is 60.4 Å². The van der Waals surface area contributed by atoms with Crippen LogP contribution in [0.3, 0.4) is 0 Å². The van der Waals surface area contributed by atoms with Gasteiger partial charge < -0.3 is 10.1 Å². The number of pyridine rings is 1. The van der Waals surface area contributed by atoms with Crippen molar-refractivity contribution in [2.75, 3.05) is 0 Å². The van der Waals surface area contributed by atoms with Gasteiger partial charge in [-0.15, -0.1) is 0 Å². The molecule has 2 aromatic heterocycles. The largest absolute Gasteiger partial charge is 0.358 e. The third-order valence-electron chi connectivity index (χ3n) is 1.77. The van der Waals surface area contributed by atoms with Gasteiger partial charge in [-0.1, -0.05) is 0 Å². The van der Waals surface area contributed by atoms with Crippen LogP contribution in [0.4, 0.5) is 5.82 Å². The highest BCUT2D eigenvalue weighted by molar-refractivity contribution is 5.47. The summed E-state index contributed by atoms with van der Waals surface area (Å²) >= 11 is 0. The number of hydrogen-bond donors (Lipinski definition) is 0. The van der Waals surface area contributed by atoms with E-state index in [9.17, 15) is 10.1 Å². The zero-order chi connectivity index (χ0) is 9.42. The molecule has 0 saturated heterocycles. The number of fused-ring (bicyclic) bond motifs is 1. The van der Waals surface area contributed by atoms with E-state index in [-0.39, 0.29) is 5.82 Å². The minimum atomic E-state index is -0.441. The van der Waals surface area contributed by atoms with Gasteiger partial charge >= 0.3 is 5.82 Å². The number of hydrogen-bond acceptors (Lipinski definition) is 3. The van der Waals surface area contributed by atoms with Crippen molar-refractivity contribution >= 4 is 11.5 Å². The molecule has 2 aromatic rings. The predicted molar refractivity (Wildman–Crippen MR) is 45.4 cm³/mol. The molecule has 0 bridgehead atoms. The summed E-state index contributed by atoms with van der Waals surface area (Å²) in [5, 5.41) is 10.6. The van der Waals surface area contributed by atoms with E-state index in [0.29, 0.717) is 11.3 Å². The maximum absolute atomic E-state index is 10.6. The number of imidazole rings is 1. The van der Waals surface area contributed by atoms with Crippen LogP contribution in [0, 0.1) is 23.1 Å². The second-order valence-corrected chi connectivity index (χ2v) is 2.62. The lowest BCUT2D eigenvalue weighted by molar-refractivity contribution is -0.390. The van der Waals surface area contributed by atoms with Crippen molar-refractivity contribution in [3.63, 3.8) is 0 Å². The molecule has 2 heterocycles. The highest BCUT2D eigenvalue weighted by Gasteiger charge is 2.17. The summed E-state index contributed by atoms with van der Waals surface area (Å²) in [7, 11) is 0. The second kappa shape index (κ2) is 2.55. The molecule has 0 aliphatic heterocycles. The van der Waals surface area contributed by atoms with Gasteiger partial charge in [-0.3, -0.25) is 0 Å². The fourth-order valence-corrected chi connectivity index (χ4v) is 1.25. The van der Waals surface area contributed by atoms with Crippen molar-refractivity contribution in [3.05, 3.63) is 40.2 Å². The summed E-state index contributed by atoms with van der Waals surface area (Å²) in [6, 6.07) is 6.17. The lowest BCUT2D eigenvalue weighted by atomic mass is 10.5. The van der Waals surface area contributed by atoms with Gasteiger partial charge in [0.1, 0.15) is 5.69 Å². The summed E-state index contributed by atoms with van der Waals surface area (Å²) in [6.45, 7) is 1.61. The first-order chi connectivity index (χ1) is 6.20. The van der Waals surface area contributed by atoms with Crippen molar-refractivity contribution in [2.24, 2.45) is 0 Å². The minimum absolute atomic E-state index is 0.00634. The van der Waals surface area contributed by atoms with Gasteiger partial charge in [0.05, 0.1) is 12.3 Å². The maximum atomic E-state index is 10.6. The van der Waals surface area contributed by atoms with Gasteiger partial charge in [0.2, 0.25) is 5.65 Å². The van der Waals surface area contributed by atoms with Gasteiger partial charge in [-0.25, -0.2) is 4.98 Å².